The topological polar surface area (TPSA) is 72.9 Å². The Morgan fingerprint density at radius 1 is 1.13 bits per heavy atom. The Balaban J connectivity index is 1.40. The van der Waals surface area contributed by atoms with Crippen LogP contribution in [0.1, 0.15) is 5.76 Å². The molecule has 1 N–H and O–H groups in total. The van der Waals surface area contributed by atoms with Crippen molar-refractivity contribution in [1.82, 2.24) is 14.8 Å². The fourth-order valence-corrected chi connectivity index (χ4v) is 4.64. The first-order valence-corrected chi connectivity index (χ1v) is 11.6. The zero-order valence-electron chi connectivity index (χ0n) is 16.8. The molecule has 31 heavy (non-hydrogen) atoms. The van der Waals surface area contributed by atoms with E-state index in [0.29, 0.717) is 16.0 Å². The van der Waals surface area contributed by atoms with Gasteiger partial charge < -0.3 is 14.3 Å². The summed E-state index contributed by atoms with van der Waals surface area (Å²) >= 11 is 8.87. The Bertz CT molecular complexity index is 1200. The monoisotopic (exact) mass is 470 g/mol. The summed E-state index contributed by atoms with van der Waals surface area (Å²) in [5.74, 6) is 1.59. The molecule has 6 nitrogen and oxygen atoms in total. The number of rotatable bonds is 7. The minimum Gasteiger partial charge on any atom is -0.469 e. The molecule has 1 amide bonds. The third-order valence-electron chi connectivity index (χ3n) is 4.47. The van der Waals surface area contributed by atoms with Gasteiger partial charge in [0.25, 0.3) is 0 Å². The van der Waals surface area contributed by atoms with Gasteiger partial charge in [0.05, 0.1) is 23.3 Å². The van der Waals surface area contributed by atoms with Crippen molar-refractivity contribution in [1.29, 1.82) is 0 Å². The number of hydrogen-bond donors (Lipinski definition) is 1. The summed E-state index contributed by atoms with van der Waals surface area (Å²) in [6.45, 7) is 1.88. The number of para-hydroxylation sites is 1. The number of thioether (sulfide) groups is 1. The number of furan rings is 1. The van der Waals surface area contributed by atoms with Crippen LogP contribution in [0, 0.1) is 6.92 Å². The van der Waals surface area contributed by atoms with E-state index in [-0.39, 0.29) is 11.7 Å². The Morgan fingerprint density at radius 2 is 1.90 bits per heavy atom. The summed E-state index contributed by atoms with van der Waals surface area (Å²) in [6.07, 6.45) is 1.62. The zero-order valence-corrected chi connectivity index (χ0v) is 19.2. The molecule has 0 bridgehead atoms. The SMILES string of the molecule is Cc1occc1-c1nnc(SCC(=O)Nc2ccccc2Sc2ccc(Cl)cc2)n1C. The molecule has 9 heteroatoms. The first kappa shape index (κ1) is 21.5. The minimum absolute atomic E-state index is 0.113. The summed E-state index contributed by atoms with van der Waals surface area (Å²) in [7, 11) is 1.88. The van der Waals surface area contributed by atoms with Crippen molar-refractivity contribution in [2.75, 3.05) is 11.1 Å². The maximum absolute atomic E-state index is 12.6. The molecule has 0 atom stereocenters. The Kier molecular flexibility index (Phi) is 6.70. The molecule has 0 radical (unpaired) electrons. The molecule has 2 aromatic carbocycles. The molecule has 0 fully saturated rings. The molecule has 2 heterocycles. The molecule has 0 unspecified atom stereocenters. The van der Waals surface area contributed by atoms with Crippen LogP contribution < -0.4 is 5.32 Å². The normalized spacial score (nSPS) is 10.9. The van der Waals surface area contributed by atoms with E-state index in [1.54, 1.807) is 18.0 Å². The minimum atomic E-state index is -0.113. The standard InChI is InChI=1S/C22H19ClN4O2S2/c1-14-17(11-12-29-14)21-25-26-22(27(21)2)30-13-20(28)24-18-5-3-4-6-19(18)31-16-9-7-15(23)8-10-16/h3-12H,13H2,1-2H3,(H,24,28). The van der Waals surface area contributed by atoms with E-state index in [1.165, 1.54) is 11.8 Å². The number of halogens is 1. The van der Waals surface area contributed by atoms with Gasteiger partial charge in [-0.25, -0.2) is 0 Å². The lowest BCUT2D eigenvalue weighted by Crippen LogP contribution is -2.15. The molecule has 0 saturated heterocycles. The predicted octanol–water partition coefficient (Wildman–Crippen LogP) is 5.92. The van der Waals surface area contributed by atoms with Crippen LogP contribution >= 0.6 is 35.1 Å². The number of nitrogens with zero attached hydrogens (tertiary/aromatic N) is 3. The van der Waals surface area contributed by atoms with Gasteiger partial charge in [-0.15, -0.1) is 10.2 Å². The number of carbonyl (C=O) groups excluding carboxylic acids is 1. The van der Waals surface area contributed by atoms with Gasteiger partial charge >= 0.3 is 0 Å². The maximum atomic E-state index is 12.6. The van der Waals surface area contributed by atoms with E-state index >= 15 is 0 Å². The largest absolute Gasteiger partial charge is 0.469 e. The van der Waals surface area contributed by atoms with Crippen LogP contribution in [0.15, 0.2) is 80.2 Å². The lowest BCUT2D eigenvalue weighted by atomic mass is 10.2. The number of nitrogens with one attached hydrogen (secondary N) is 1. The molecule has 0 aliphatic heterocycles. The number of aromatic nitrogens is 3. The number of aryl methyl sites for hydroxylation is 1. The fourth-order valence-electron chi connectivity index (χ4n) is 2.90. The highest BCUT2D eigenvalue weighted by Gasteiger charge is 2.16. The lowest BCUT2D eigenvalue weighted by Gasteiger charge is -2.11. The molecule has 0 saturated carbocycles. The van der Waals surface area contributed by atoms with Crippen LogP contribution in [-0.2, 0) is 11.8 Å². The first-order valence-electron chi connectivity index (χ1n) is 9.40. The second kappa shape index (κ2) is 9.64. The first-order chi connectivity index (χ1) is 15.0. The fraction of sp³-hybridized carbons (Fsp3) is 0.136. The third kappa shape index (κ3) is 5.15. The van der Waals surface area contributed by atoms with Crippen molar-refractivity contribution in [2.24, 2.45) is 7.05 Å². The summed E-state index contributed by atoms with van der Waals surface area (Å²) in [5, 5.41) is 12.8. The van der Waals surface area contributed by atoms with Crippen molar-refractivity contribution in [3.63, 3.8) is 0 Å². The number of amides is 1. The van der Waals surface area contributed by atoms with Gasteiger partial charge in [-0.05, 0) is 49.4 Å². The Hall–Kier alpha value is -2.68. The van der Waals surface area contributed by atoms with Crippen LogP contribution in [-0.4, -0.2) is 26.4 Å². The second-order valence-electron chi connectivity index (χ2n) is 6.64. The van der Waals surface area contributed by atoms with E-state index < -0.39 is 0 Å². The van der Waals surface area contributed by atoms with E-state index in [0.717, 1.165) is 26.8 Å². The number of hydrogen-bond acceptors (Lipinski definition) is 6. The van der Waals surface area contributed by atoms with Gasteiger partial charge in [-0.3, -0.25) is 4.79 Å². The summed E-state index contributed by atoms with van der Waals surface area (Å²) in [5.41, 5.74) is 1.65. The summed E-state index contributed by atoms with van der Waals surface area (Å²) in [6, 6.07) is 17.2. The van der Waals surface area contributed by atoms with Gasteiger partial charge in [0.2, 0.25) is 5.91 Å². The lowest BCUT2D eigenvalue weighted by molar-refractivity contribution is -0.113. The van der Waals surface area contributed by atoms with Crippen molar-refractivity contribution in [3.8, 4) is 11.4 Å². The Labute approximate surface area is 193 Å². The van der Waals surface area contributed by atoms with Gasteiger partial charge in [-0.2, -0.15) is 0 Å². The quantitative estimate of drug-likeness (QED) is 0.338. The molecule has 4 aromatic rings. The average molecular weight is 471 g/mol. The van der Waals surface area contributed by atoms with Gasteiger partial charge in [0.15, 0.2) is 11.0 Å². The highest BCUT2D eigenvalue weighted by atomic mass is 35.5. The Morgan fingerprint density at radius 3 is 2.65 bits per heavy atom. The molecule has 158 valence electrons. The highest BCUT2D eigenvalue weighted by molar-refractivity contribution is 8.00. The third-order valence-corrected chi connectivity index (χ3v) is 6.83. The van der Waals surface area contributed by atoms with E-state index in [4.69, 9.17) is 16.0 Å². The van der Waals surface area contributed by atoms with Crippen LogP contribution in [0.25, 0.3) is 11.4 Å². The van der Waals surface area contributed by atoms with Crippen molar-refractivity contribution in [3.05, 3.63) is 71.6 Å². The number of anilines is 1. The van der Waals surface area contributed by atoms with Crippen molar-refractivity contribution < 1.29 is 9.21 Å². The molecule has 4 rings (SSSR count). The van der Waals surface area contributed by atoms with Crippen molar-refractivity contribution in [2.45, 2.75) is 21.9 Å². The van der Waals surface area contributed by atoms with Crippen LogP contribution in [0.5, 0.6) is 0 Å². The summed E-state index contributed by atoms with van der Waals surface area (Å²) in [4.78, 5) is 14.6. The van der Waals surface area contributed by atoms with Crippen LogP contribution in [0.2, 0.25) is 5.02 Å². The van der Waals surface area contributed by atoms with Gasteiger partial charge in [0, 0.05) is 21.9 Å². The molecule has 0 aliphatic rings. The number of benzene rings is 2. The highest BCUT2D eigenvalue weighted by Crippen LogP contribution is 2.34. The molecule has 2 aromatic heterocycles. The number of carbonyl (C=O) groups is 1. The van der Waals surface area contributed by atoms with E-state index in [2.05, 4.69) is 15.5 Å². The van der Waals surface area contributed by atoms with Crippen LogP contribution in [0.3, 0.4) is 0 Å². The van der Waals surface area contributed by atoms with Gasteiger partial charge in [0.1, 0.15) is 5.76 Å². The van der Waals surface area contributed by atoms with Gasteiger partial charge in [-0.1, -0.05) is 47.3 Å². The maximum Gasteiger partial charge on any atom is 0.234 e. The van der Waals surface area contributed by atoms with E-state index in [9.17, 15) is 4.79 Å². The van der Waals surface area contributed by atoms with Crippen LogP contribution in [0.4, 0.5) is 5.69 Å². The molecular formula is C22H19ClN4O2S2. The van der Waals surface area contributed by atoms with E-state index in [1.807, 2.05) is 73.1 Å². The smallest absolute Gasteiger partial charge is 0.234 e. The zero-order chi connectivity index (χ0) is 21.8. The predicted molar refractivity (Wildman–Crippen MR) is 125 cm³/mol. The molecular weight excluding hydrogens is 452 g/mol. The average Bonchev–Trinajstić information content (AvgIpc) is 3.34. The van der Waals surface area contributed by atoms with Crippen molar-refractivity contribution >= 4 is 46.7 Å². The second-order valence-corrected chi connectivity index (χ2v) is 9.14. The summed E-state index contributed by atoms with van der Waals surface area (Å²) < 4.78 is 7.21. The molecule has 0 aliphatic carbocycles. The molecule has 0 spiro atoms.